The Morgan fingerprint density at radius 1 is 0.875 bits per heavy atom. The highest BCUT2D eigenvalue weighted by Crippen LogP contribution is 2.25. The molecule has 0 spiro atoms. The zero-order chi connectivity index (χ0) is 29.7. The molecule has 0 aliphatic heterocycles. The first kappa shape index (κ1) is 30.9. The number of esters is 1. The van der Waals surface area contributed by atoms with Gasteiger partial charge in [-0.05, 0) is 72.3 Å². The standard InChI is InChI=1S/C31H37BrN4O4/c1-19(29(39)40-31(5,6)7)35-26(37)16-25(36-28(38)22-12-14-23(15-13-22)30(2,3)4)20-8-10-21(11-9-20)27-33-17-24(32)18-34-27/h8-15,17-19,25H,16H2,1-7H3,(H,35,37)(H,36,38)/t19-,25?/m0/s1. The van der Waals surface area contributed by atoms with Crippen LogP contribution in [0.4, 0.5) is 0 Å². The van der Waals surface area contributed by atoms with Crippen LogP contribution < -0.4 is 10.6 Å². The Morgan fingerprint density at radius 3 is 1.98 bits per heavy atom. The van der Waals surface area contributed by atoms with Crippen molar-refractivity contribution >= 4 is 33.7 Å². The van der Waals surface area contributed by atoms with E-state index in [0.717, 1.165) is 21.2 Å². The van der Waals surface area contributed by atoms with E-state index >= 15 is 0 Å². The van der Waals surface area contributed by atoms with Crippen LogP contribution in [0.5, 0.6) is 0 Å². The van der Waals surface area contributed by atoms with Crippen LogP contribution in [0.1, 0.15) is 82.4 Å². The Kier molecular flexibility index (Phi) is 9.84. The second-order valence-corrected chi connectivity index (χ2v) is 12.6. The Morgan fingerprint density at radius 2 is 1.45 bits per heavy atom. The molecule has 3 rings (SSSR count). The van der Waals surface area contributed by atoms with Gasteiger partial charge in [-0.15, -0.1) is 0 Å². The molecular formula is C31H37BrN4O4. The van der Waals surface area contributed by atoms with E-state index in [-0.39, 0.29) is 17.7 Å². The highest BCUT2D eigenvalue weighted by Gasteiger charge is 2.26. The van der Waals surface area contributed by atoms with Crippen molar-refractivity contribution in [3.63, 3.8) is 0 Å². The lowest BCUT2D eigenvalue weighted by Crippen LogP contribution is -2.43. The average Bonchev–Trinajstić information content (AvgIpc) is 2.87. The molecule has 1 aromatic heterocycles. The molecule has 0 bridgehead atoms. The van der Waals surface area contributed by atoms with Gasteiger partial charge in [0, 0.05) is 23.5 Å². The van der Waals surface area contributed by atoms with Crippen molar-refractivity contribution in [2.45, 2.75) is 78.0 Å². The summed E-state index contributed by atoms with van der Waals surface area (Å²) in [4.78, 5) is 47.3. The third kappa shape index (κ3) is 8.98. The second kappa shape index (κ2) is 12.7. The molecule has 2 amide bonds. The highest BCUT2D eigenvalue weighted by atomic mass is 79.9. The van der Waals surface area contributed by atoms with Gasteiger partial charge in [-0.1, -0.05) is 57.2 Å². The van der Waals surface area contributed by atoms with Crippen LogP contribution in [-0.4, -0.2) is 39.4 Å². The van der Waals surface area contributed by atoms with E-state index in [1.165, 1.54) is 0 Å². The van der Waals surface area contributed by atoms with Crippen molar-refractivity contribution < 1.29 is 19.1 Å². The molecule has 0 saturated heterocycles. The number of aromatic nitrogens is 2. The molecule has 0 radical (unpaired) electrons. The molecule has 0 saturated carbocycles. The van der Waals surface area contributed by atoms with E-state index in [0.29, 0.717) is 11.4 Å². The summed E-state index contributed by atoms with van der Waals surface area (Å²) in [6, 6.07) is 13.3. The minimum Gasteiger partial charge on any atom is -0.458 e. The number of hydrogen-bond donors (Lipinski definition) is 2. The summed E-state index contributed by atoms with van der Waals surface area (Å²) in [6.07, 6.45) is 3.26. The summed E-state index contributed by atoms with van der Waals surface area (Å²) in [5, 5.41) is 5.69. The summed E-state index contributed by atoms with van der Waals surface area (Å²) >= 11 is 3.33. The lowest BCUT2D eigenvalue weighted by Gasteiger charge is -2.24. The van der Waals surface area contributed by atoms with Gasteiger partial charge in [0.1, 0.15) is 11.6 Å². The molecule has 0 aliphatic carbocycles. The molecule has 8 nitrogen and oxygen atoms in total. The molecule has 9 heteroatoms. The zero-order valence-corrected chi connectivity index (χ0v) is 25.6. The maximum Gasteiger partial charge on any atom is 0.328 e. The van der Waals surface area contributed by atoms with E-state index in [1.807, 2.05) is 36.4 Å². The number of nitrogens with zero attached hydrogens (tertiary/aromatic N) is 2. The second-order valence-electron chi connectivity index (χ2n) is 11.7. The van der Waals surface area contributed by atoms with Gasteiger partial charge in [0.2, 0.25) is 5.91 Å². The van der Waals surface area contributed by atoms with Gasteiger partial charge in [-0.2, -0.15) is 0 Å². The van der Waals surface area contributed by atoms with Gasteiger partial charge in [0.05, 0.1) is 16.9 Å². The summed E-state index contributed by atoms with van der Waals surface area (Å²) in [6.45, 7) is 13.2. The van der Waals surface area contributed by atoms with Gasteiger partial charge in [-0.25, -0.2) is 14.8 Å². The smallest absolute Gasteiger partial charge is 0.328 e. The van der Waals surface area contributed by atoms with Crippen molar-refractivity contribution in [1.29, 1.82) is 0 Å². The molecule has 0 fully saturated rings. The van der Waals surface area contributed by atoms with E-state index in [4.69, 9.17) is 4.74 Å². The fraction of sp³-hybridized carbons (Fsp3) is 0.387. The molecule has 1 heterocycles. The molecule has 2 atom stereocenters. The highest BCUT2D eigenvalue weighted by molar-refractivity contribution is 9.10. The van der Waals surface area contributed by atoms with E-state index in [2.05, 4.69) is 57.3 Å². The quantitative estimate of drug-likeness (QED) is 0.307. The summed E-state index contributed by atoms with van der Waals surface area (Å²) in [5.41, 5.74) is 2.40. The SMILES string of the molecule is C[C@H](NC(=O)CC(NC(=O)c1ccc(C(C)(C)C)cc1)c1ccc(-c2ncc(Br)cn2)cc1)C(=O)OC(C)(C)C. The first-order chi connectivity index (χ1) is 18.6. The van der Waals surface area contributed by atoms with Gasteiger partial charge in [-0.3, -0.25) is 9.59 Å². The zero-order valence-electron chi connectivity index (χ0n) is 24.0. The number of benzene rings is 2. The first-order valence-electron chi connectivity index (χ1n) is 13.1. The number of halogens is 1. The number of amides is 2. The van der Waals surface area contributed by atoms with Gasteiger partial charge in [0.15, 0.2) is 5.82 Å². The molecule has 1 unspecified atom stereocenters. The number of rotatable bonds is 8. The van der Waals surface area contributed by atoms with Crippen LogP contribution in [0.25, 0.3) is 11.4 Å². The van der Waals surface area contributed by atoms with Crippen molar-refractivity contribution in [2.75, 3.05) is 0 Å². The monoisotopic (exact) mass is 608 g/mol. The predicted molar refractivity (Wildman–Crippen MR) is 159 cm³/mol. The van der Waals surface area contributed by atoms with Crippen molar-refractivity contribution in [1.82, 2.24) is 20.6 Å². The molecule has 212 valence electrons. The third-order valence-electron chi connectivity index (χ3n) is 6.04. The van der Waals surface area contributed by atoms with Gasteiger partial charge >= 0.3 is 5.97 Å². The molecule has 40 heavy (non-hydrogen) atoms. The van der Waals surface area contributed by atoms with Gasteiger partial charge < -0.3 is 15.4 Å². The van der Waals surface area contributed by atoms with Crippen LogP contribution in [0.2, 0.25) is 0 Å². The fourth-order valence-electron chi connectivity index (χ4n) is 3.88. The van der Waals surface area contributed by atoms with Crippen LogP contribution in [-0.2, 0) is 19.7 Å². The topological polar surface area (TPSA) is 110 Å². The number of carbonyl (C=O) groups is 3. The Hall–Kier alpha value is -3.59. The average molecular weight is 610 g/mol. The van der Waals surface area contributed by atoms with Crippen LogP contribution in [0.15, 0.2) is 65.4 Å². The Balaban J connectivity index is 1.81. The largest absolute Gasteiger partial charge is 0.458 e. The van der Waals surface area contributed by atoms with E-state index in [9.17, 15) is 14.4 Å². The molecule has 3 aromatic rings. The van der Waals surface area contributed by atoms with Crippen LogP contribution >= 0.6 is 15.9 Å². The molecular weight excluding hydrogens is 572 g/mol. The Labute approximate surface area is 244 Å². The van der Waals surface area contributed by atoms with E-state index < -0.39 is 29.6 Å². The van der Waals surface area contributed by atoms with Crippen LogP contribution in [0.3, 0.4) is 0 Å². The van der Waals surface area contributed by atoms with Gasteiger partial charge in [0.25, 0.3) is 5.91 Å². The van der Waals surface area contributed by atoms with Crippen molar-refractivity contribution in [2.24, 2.45) is 0 Å². The van der Waals surface area contributed by atoms with Crippen LogP contribution in [0, 0.1) is 0 Å². The number of carbonyl (C=O) groups excluding carboxylic acids is 3. The summed E-state index contributed by atoms with van der Waals surface area (Å²) in [5.74, 6) is -0.678. The molecule has 0 aliphatic rings. The Bertz CT molecular complexity index is 1330. The summed E-state index contributed by atoms with van der Waals surface area (Å²) in [7, 11) is 0. The molecule has 2 N–H and O–H groups in total. The number of hydrogen-bond acceptors (Lipinski definition) is 6. The van der Waals surface area contributed by atoms with Crippen molar-refractivity contribution in [3.05, 3.63) is 82.1 Å². The predicted octanol–water partition coefficient (Wildman–Crippen LogP) is 5.91. The lowest BCUT2D eigenvalue weighted by atomic mass is 9.86. The maximum absolute atomic E-state index is 13.2. The van der Waals surface area contributed by atoms with E-state index in [1.54, 1.807) is 52.2 Å². The molecule has 2 aromatic carbocycles. The maximum atomic E-state index is 13.2. The minimum atomic E-state index is -0.843. The number of nitrogens with one attached hydrogen (secondary N) is 2. The fourth-order valence-corrected chi connectivity index (χ4v) is 4.08. The normalized spacial score (nSPS) is 13.2. The van der Waals surface area contributed by atoms with Crippen molar-refractivity contribution in [3.8, 4) is 11.4 Å². The lowest BCUT2D eigenvalue weighted by molar-refractivity contribution is -0.158. The summed E-state index contributed by atoms with van der Waals surface area (Å²) < 4.78 is 6.15. The minimum absolute atomic E-state index is 0.0409. The third-order valence-corrected chi connectivity index (χ3v) is 6.45. The first-order valence-corrected chi connectivity index (χ1v) is 13.9. The number of ether oxygens (including phenoxy) is 1.